The molecule has 38 heavy (non-hydrogen) atoms. The highest BCUT2D eigenvalue weighted by Gasteiger charge is 2.38. The monoisotopic (exact) mass is 539 g/mol. The van der Waals surface area contributed by atoms with Gasteiger partial charge in [-0.25, -0.2) is 4.98 Å². The van der Waals surface area contributed by atoms with Gasteiger partial charge in [0.1, 0.15) is 6.04 Å². The summed E-state index contributed by atoms with van der Waals surface area (Å²) in [6.45, 7) is 0.806. The van der Waals surface area contributed by atoms with Gasteiger partial charge in [0.05, 0.1) is 17.8 Å². The number of hydrogen-bond donors (Lipinski definition) is 4. The molecule has 2 aliphatic rings. The number of aryl methyl sites for hydroxylation is 2. The fourth-order valence-corrected chi connectivity index (χ4v) is 6.26. The number of carbonyl (C=O) groups excluding carboxylic acids is 3. The number of benzene rings is 1. The molecule has 10 nitrogen and oxygen atoms in total. The molecule has 1 aromatic heterocycles. The van der Waals surface area contributed by atoms with Crippen LogP contribution in [0.1, 0.15) is 64.5 Å². The Morgan fingerprint density at radius 2 is 1.89 bits per heavy atom. The number of Topliss-reactive ketones (excluding diaryl/α,β-unsaturated/α-hetero) is 1. The average Bonchev–Trinajstić information content (AvgIpc) is 3.57. The van der Waals surface area contributed by atoms with E-state index in [1.54, 1.807) is 4.90 Å². The van der Waals surface area contributed by atoms with E-state index in [1.165, 1.54) is 11.3 Å². The number of nitrogens with zero attached hydrogens (tertiary/aromatic N) is 3. The largest absolute Gasteiger partial charge is 0.370 e. The van der Waals surface area contributed by atoms with Crippen molar-refractivity contribution in [3.63, 3.8) is 0 Å². The lowest BCUT2D eigenvalue weighted by atomic mass is 10.0. The quantitative estimate of drug-likeness (QED) is 0.144. The maximum Gasteiger partial charge on any atom is 0.243 e. The van der Waals surface area contributed by atoms with Crippen molar-refractivity contribution in [2.45, 2.75) is 75.9 Å². The molecule has 0 bridgehead atoms. The zero-order valence-corrected chi connectivity index (χ0v) is 22.4. The second-order valence-corrected chi connectivity index (χ2v) is 11.0. The molecule has 0 radical (unpaired) electrons. The van der Waals surface area contributed by atoms with Crippen molar-refractivity contribution in [1.29, 1.82) is 0 Å². The first-order valence-corrected chi connectivity index (χ1v) is 14.1. The number of aromatic nitrogens is 1. The molecule has 2 amide bonds. The number of nitrogens with two attached hydrogens (primary N) is 3. The Labute approximate surface area is 227 Å². The molecular formula is C27H37N7O3S. The molecule has 3 atom stereocenters. The fourth-order valence-electron chi connectivity index (χ4n) is 5.12. The van der Waals surface area contributed by atoms with Crippen LogP contribution >= 0.6 is 11.3 Å². The van der Waals surface area contributed by atoms with Gasteiger partial charge in [-0.2, -0.15) is 0 Å². The number of hydrogen-bond acceptors (Lipinski definition) is 7. The first-order chi connectivity index (χ1) is 18.3. The Kier molecular flexibility index (Phi) is 9.46. The summed E-state index contributed by atoms with van der Waals surface area (Å²) in [5.41, 5.74) is 19.1. The number of aliphatic imine (C=N–C) groups is 1. The van der Waals surface area contributed by atoms with Crippen molar-refractivity contribution in [2.24, 2.45) is 22.2 Å². The molecule has 2 aromatic rings. The van der Waals surface area contributed by atoms with Crippen LogP contribution in [0.25, 0.3) is 0 Å². The molecule has 0 saturated carbocycles. The van der Waals surface area contributed by atoms with E-state index in [2.05, 4.69) is 15.3 Å². The molecule has 1 aliphatic carbocycles. The number of carbonyl (C=O) groups is 3. The number of fused-ring (bicyclic) bond motifs is 1. The van der Waals surface area contributed by atoms with Gasteiger partial charge in [-0.15, -0.1) is 11.3 Å². The number of thiazole rings is 1. The molecule has 1 fully saturated rings. The van der Waals surface area contributed by atoms with Crippen LogP contribution in [0.3, 0.4) is 0 Å². The number of amides is 2. The van der Waals surface area contributed by atoms with E-state index < -0.39 is 18.1 Å². The molecule has 7 N–H and O–H groups in total. The molecule has 4 rings (SSSR count). The molecule has 0 spiro atoms. The minimum atomic E-state index is -0.778. The predicted octanol–water partition coefficient (Wildman–Crippen LogP) is 1.30. The number of guanidine groups is 1. The van der Waals surface area contributed by atoms with Gasteiger partial charge in [0.25, 0.3) is 0 Å². The summed E-state index contributed by atoms with van der Waals surface area (Å²) in [6, 6.07) is 7.38. The molecule has 1 aromatic carbocycles. The third-order valence-electron chi connectivity index (χ3n) is 7.09. The smallest absolute Gasteiger partial charge is 0.243 e. The van der Waals surface area contributed by atoms with Crippen LogP contribution in [-0.4, -0.2) is 64.7 Å². The van der Waals surface area contributed by atoms with Gasteiger partial charge in [0, 0.05) is 18.0 Å². The third kappa shape index (κ3) is 6.96. The van der Waals surface area contributed by atoms with Crippen molar-refractivity contribution < 1.29 is 14.4 Å². The van der Waals surface area contributed by atoms with Crippen molar-refractivity contribution in [3.8, 4) is 0 Å². The number of rotatable bonds is 11. The predicted molar refractivity (Wildman–Crippen MR) is 148 cm³/mol. The average molecular weight is 540 g/mol. The molecule has 1 saturated heterocycles. The topological polar surface area (TPSA) is 170 Å². The second-order valence-electron chi connectivity index (χ2n) is 9.96. The van der Waals surface area contributed by atoms with Crippen molar-refractivity contribution in [2.75, 3.05) is 13.1 Å². The van der Waals surface area contributed by atoms with Gasteiger partial charge in [0.15, 0.2) is 11.0 Å². The van der Waals surface area contributed by atoms with E-state index in [1.807, 2.05) is 30.3 Å². The summed E-state index contributed by atoms with van der Waals surface area (Å²) < 4.78 is 0. The van der Waals surface area contributed by atoms with E-state index >= 15 is 0 Å². The summed E-state index contributed by atoms with van der Waals surface area (Å²) >= 11 is 1.42. The van der Waals surface area contributed by atoms with Crippen LogP contribution in [0.15, 0.2) is 35.3 Å². The highest BCUT2D eigenvalue weighted by Crippen LogP contribution is 2.28. The normalized spacial score (nSPS) is 18.3. The van der Waals surface area contributed by atoms with Gasteiger partial charge in [-0.05, 0) is 63.4 Å². The summed E-state index contributed by atoms with van der Waals surface area (Å²) in [5, 5.41) is 3.36. The Morgan fingerprint density at radius 1 is 1.13 bits per heavy atom. The Balaban J connectivity index is 1.44. The second kappa shape index (κ2) is 13.0. The van der Waals surface area contributed by atoms with Gasteiger partial charge < -0.3 is 27.4 Å². The standard InChI is InChI=1S/C27H37N7O3S/c28-18(16-17-8-2-1-3-9-17)26(37)34-15-7-12-21(34)24(36)32-20(11-6-14-31-27(29)30)23(35)25-33-19-10-4-5-13-22(19)38-25/h1-3,8-9,18,20-21H,4-7,10-16,28H2,(H,32,36)(H4,29,30,31)/t18-,20+,21+/m1/s1. The number of ketones is 1. The summed E-state index contributed by atoms with van der Waals surface area (Å²) in [5.74, 6) is -0.824. The zero-order chi connectivity index (χ0) is 27.1. The molecule has 11 heteroatoms. The van der Waals surface area contributed by atoms with Gasteiger partial charge in [-0.3, -0.25) is 19.4 Å². The number of likely N-dealkylation sites (tertiary alicyclic amines) is 1. The highest BCUT2D eigenvalue weighted by atomic mass is 32.1. The fraction of sp³-hybridized carbons (Fsp3) is 0.519. The molecule has 1 aliphatic heterocycles. The maximum absolute atomic E-state index is 13.5. The Hall–Kier alpha value is -3.31. The third-order valence-corrected chi connectivity index (χ3v) is 8.26. The molecule has 204 valence electrons. The SMILES string of the molecule is NC(N)=NCCC[C@H](NC(=O)[C@@H]1CCCN1C(=O)[C@H](N)Cc1ccccc1)C(=O)c1nc2c(s1)CCCC2. The van der Waals surface area contributed by atoms with Gasteiger partial charge in [-0.1, -0.05) is 30.3 Å². The molecule has 0 unspecified atom stereocenters. The van der Waals surface area contributed by atoms with Crippen LogP contribution in [0.2, 0.25) is 0 Å². The minimum absolute atomic E-state index is 0.0172. The lowest BCUT2D eigenvalue weighted by Crippen LogP contribution is -2.54. The van der Waals surface area contributed by atoms with Gasteiger partial charge >= 0.3 is 0 Å². The highest BCUT2D eigenvalue weighted by molar-refractivity contribution is 7.13. The van der Waals surface area contributed by atoms with Gasteiger partial charge in [0.2, 0.25) is 17.6 Å². The van der Waals surface area contributed by atoms with Crippen LogP contribution in [0.4, 0.5) is 0 Å². The van der Waals surface area contributed by atoms with E-state index in [4.69, 9.17) is 17.2 Å². The Morgan fingerprint density at radius 3 is 2.63 bits per heavy atom. The van der Waals surface area contributed by atoms with E-state index in [-0.39, 0.29) is 23.6 Å². The maximum atomic E-state index is 13.5. The summed E-state index contributed by atoms with van der Waals surface area (Å²) in [4.78, 5) is 51.5. The van der Waals surface area contributed by atoms with Crippen LogP contribution in [0, 0.1) is 0 Å². The van der Waals surface area contributed by atoms with E-state index in [9.17, 15) is 14.4 Å². The van der Waals surface area contributed by atoms with Crippen LogP contribution in [-0.2, 0) is 28.9 Å². The Bertz CT molecular complexity index is 1140. The van der Waals surface area contributed by atoms with Crippen molar-refractivity contribution >= 4 is 34.9 Å². The molecule has 2 heterocycles. The summed E-state index contributed by atoms with van der Waals surface area (Å²) in [7, 11) is 0. The lowest BCUT2D eigenvalue weighted by Gasteiger charge is -2.28. The first-order valence-electron chi connectivity index (χ1n) is 13.3. The first kappa shape index (κ1) is 27.7. The van der Waals surface area contributed by atoms with E-state index in [0.29, 0.717) is 50.2 Å². The van der Waals surface area contributed by atoms with E-state index in [0.717, 1.165) is 41.8 Å². The van der Waals surface area contributed by atoms with Crippen molar-refractivity contribution in [3.05, 3.63) is 51.5 Å². The molecular weight excluding hydrogens is 502 g/mol. The van der Waals surface area contributed by atoms with Crippen LogP contribution in [0.5, 0.6) is 0 Å². The van der Waals surface area contributed by atoms with Crippen molar-refractivity contribution in [1.82, 2.24) is 15.2 Å². The number of nitrogens with one attached hydrogen (secondary N) is 1. The lowest BCUT2D eigenvalue weighted by molar-refractivity contribution is -0.139. The zero-order valence-electron chi connectivity index (χ0n) is 21.6. The summed E-state index contributed by atoms with van der Waals surface area (Å²) in [6.07, 6.45) is 6.47. The minimum Gasteiger partial charge on any atom is -0.370 e. The van der Waals surface area contributed by atoms with Crippen LogP contribution < -0.4 is 22.5 Å².